The summed E-state index contributed by atoms with van der Waals surface area (Å²) in [5, 5.41) is 0. The van der Waals surface area contributed by atoms with Crippen LogP contribution in [0.4, 0.5) is 0 Å². The molecule has 2 unspecified atom stereocenters. The molecule has 2 aromatic carbocycles. The van der Waals surface area contributed by atoms with E-state index in [1.54, 1.807) is 0 Å². The summed E-state index contributed by atoms with van der Waals surface area (Å²) in [6.07, 6.45) is 0.208. The molecule has 0 aromatic heterocycles. The fourth-order valence-corrected chi connectivity index (χ4v) is 3.65. The Bertz CT molecular complexity index is 624. The summed E-state index contributed by atoms with van der Waals surface area (Å²) in [4.78, 5) is 2.50. The monoisotopic (exact) mass is 265 g/mol. The van der Waals surface area contributed by atoms with Gasteiger partial charge in [0.05, 0.1) is 6.10 Å². The van der Waals surface area contributed by atoms with Crippen molar-refractivity contribution >= 4 is 0 Å². The van der Waals surface area contributed by atoms with Crippen LogP contribution in [0.5, 0.6) is 0 Å². The van der Waals surface area contributed by atoms with Gasteiger partial charge in [-0.15, -0.1) is 0 Å². The quantitative estimate of drug-likeness (QED) is 0.825. The van der Waals surface area contributed by atoms with Gasteiger partial charge >= 0.3 is 0 Å². The number of ether oxygens (including phenoxy) is 1. The molecule has 0 amide bonds. The number of likely N-dealkylation sites (N-methyl/N-ethyl adjacent to an activating group) is 1. The lowest BCUT2D eigenvalue weighted by Crippen LogP contribution is -2.47. The van der Waals surface area contributed by atoms with Gasteiger partial charge in [-0.1, -0.05) is 61.5 Å². The second kappa shape index (κ2) is 4.44. The topological polar surface area (TPSA) is 12.5 Å². The first-order valence-corrected chi connectivity index (χ1v) is 7.38. The van der Waals surface area contributed by atoms with Crippen molar-refractivity contribution in [3.63, 3.8) is 0 Å². The van der Waals surface area contributed by atoms with E-state index in [1.807, 2.05) is 0 Å². The zero-order chi connectivity index (χ0) is 13.6. The van der Waals surface area contributed by atoms with Crippen LogP contribution in [0.15, 0.2) is 54.6 Å². The first kappa shape index (κ1) is 12.1. The van der Waals surface area contributed by atoms with Crippen LogP contribution < -0.4 is 0 Å². The molecule has 102 valence electrons. The van der Waals surface area contributed by atoms with E-state index in [1.165, 1.54) is 16.7 Å². The zero-order valence-corrected chi connectivity index (χ0v) is 11.8. The predicted octanol–water partition coefficient (Wildman–Crippen LogP) is 3.34. The molecule has 2 nitrogen and oxygen atoms in total. The largest absolute Gasteiger partial charge is 0.355 e. The normalized spacial score (nSPS) is 28.4. The summed E-state index contributed by atoms with van der Waals surface area (Å²) in [6.45, 7) is 5.25. The Morgan fingerprint density at radius 3 is 2.65 bits per heavy atom. The van der Waals surface area contributed by atoms with Gasteiger partial charge in [0.25, 0.3) is 0 Å². The van der Waals surface area contributed by atoms with Crippen molar-refractivity contribution in [1.82, 2.24) is 4.90 Å². The molecule has 2 heterocycles. The third kappa shape index (κ3) is 1.58. The van der Waals surface area contributed by atoms with Crippen molar-refractivity contribution in [2.75, 3.05) is 19.6 Å². The van der Waals surface area contributed by atoms with Crippen molar-refractivity contribution in [2.24, 2.45) is 0 Å². The lowest BCUT2D eigenvalue weighted by molar-refractivity contribution is -0.117. The highest BCUT2D eigenvalue weighted by Crippen LogP contribution is 2.50. The maximum absolute atomic E-state index is 6.53. The minimum atomic E-state index is -0.281. The number of nitrogens with zero attached hydrogens (tertiary/aromatic N) is 1. The van der Waals surface area contributed by atoms with Crippen molar-refractivity contribution in [1.29, 1.82) is 0 Å². The predicted molar refractivity (Wildman–Crippen MR) is 79.6 cm³/mol. The Hall–Kier alpha value is -1.64. The molecule has 1 saturated heterocycles. The van der Waals surface area contributed by atoms with Gasteiger partial charge < -0.3 is 4.74 Å². The van der Waals surface area contributed by atoms with Crippen molar-refractivity contribution in [2.45, 2.75) is 18.6 Å². The minimum Gasteiger partial charge on any atom is -0.355 e. The second-order valence-corrected chi connectivity index (χ2v) is 5.71. The molecule has 0 radical (unpaired) electrons. The number of hydrogen-bond acceptors (Lipinski definition) is 2. The Morgan fingerprint density at radius 1 is 1.10 bits per heavy atom. The molecule has 1 fully saturated rings. The third-order valence-electron chi connectivity index (χ3n) is 4.64. The second-order valence-electron chi connectivity index (χ2n) is 5.71. The van der Waals surface area contributed by atoms with Gasteiger partial charge in [-0.25, -0.2) is 0 Å². The lowest BCUT2D eigenvalue weighted by Gasteiger charge is -2.41. The number of rotatable bonds is 2. The highest BCUT2D eigenvalue weighted by Gasteiger charge is 2.50. The smallest absolute Gasteiger partial charge is 0.132 e. The van der Waals surface area contributed by atoms with Crippen LogP contribution in [0.3, 0.4) is 0 Å². The first-order valence-electron chi connectivity index (χ1n) is 7.38. The Balaban J connectivity index is 1.91. The van der Waals surface area contributed by atoms with Crippen LogP contribution in [0, 0.1) is 0 Å². The van der Waals surface area contributed by atoms with Crippen LogP contribution in [-0.2, 0) is 10.3 Å². The maximum Gasteiger partial charge on any atom is 0.132 e. The van der Waals surface area contributed by atoms with E-state index >= 15 is 0 Å². The van der Waals surface area contributed by atoms with Gasteiger partial charge in [0, 0.05) is 13.1 Å². The van der Waals surface area contributed by atoms with Crippen LogP contribution >= 0.6 is 0 Å². The van der Waals surface area contributed by atoms with Crippen LogP contribution in [0.2, 0.25) is 0 Å². The number of hydrogen-bond donors (Lipinski definition) is 0. The maximum atomic E-state index is 6.53. The van der Waals surface area contributed by atoms with E-state index in [0.717, 1.165) is 19.6 Å². The summed E-state index contributed by atoms with van der Waals surface area (Å²) in [7, 11) is 0. The molecule has 4 rings (SSSR count). The number of fused-ring (bicyclic) bond motifs is 5. The molecule has 2 aliphatic rings. The standard InChI is InChI=1S/C18H19NO/c1-2-19-12-17-15-10-6-7-11-16(15)18(13-19,20-17)14-8-4-3-5-9-14/h3-11,17H,2,12-13H2,1H3. The highest BCUT2D eigenvalue weighted by atomic mass is 16.5. The summed E-state index contributed by atoms with van der Waals surface area (Å²) in [6, 6.07) is 19.4. The number of benzene rings is 2. The molecule has 0 aliphatic carbocycles. The third-order valence-corrected chi connectivity index (χ3v) is 4.64. The van der Waals surface area contributed by atoms with Gasteiger partial charge in [0.1, 0.15) is 5.60 Å². The van der Waals surface area contributed by atoms with E-state index in [0.29, 0.717) is 0 Å². The Morgan fingerprint density at radius 2 is 1.85 bits per heavy atom. The van der Waals surface area contributed by atoms with Crippen LogP contribution in [-0.4, -0.2) is 24.5 Å². The molecular weight excluding hydrogens is 246 g/mol. The van der Waals surface area contributed by atoms with Gasteiger partial charge in [-0.2, -0.15) is 0 Å². The molecule has 2 aliphatic heterocycles. The van der Waals surface area contributed by atoms with E-state index in [9.17, 15) is 0 Å². The van der Waals surface area contributed by atoms with E-state index in [-0.39, 0.29) is 11.7 Å². The average Bonchev–Trinajstić information content (AvgIpc) is 2.77. The van der Waals surface area contributed by atoms with E-state index in [2.05, 4.69) is 66.4 Å². The van der Waals surface area contributed by atoms with Gasteiger partial charge in [-0.3, -0.25) is 4.90 Å². The minimum absolute atomic E-state index is 0.208. The van der Waals surface area contributed by atoms with Crippen molar-refractivity contribution in [3.8, 4) is 0 Å². The van der Waals surface area contributed by atoms with E-state index < -0.39 is 0 Å². The highest BCUT2D eigenvalue weighted by molar-refractivity contribution is 5.47. The zero-order valence-electron chi connectivity index (χ0n) is 11.8. The average molecular weight is 265 g/mol. The van der Waals surface area contributed by atoms with Gasteiger partial charge in [0.2, 0.25) is 0 Å². The van der Waals surface area contributed by atoms with Gasteiger partial charge in [-0.05, 0) is 23.2 Å². The first-order chi connectivity index (χ1) is 9.83. The van der Waals surface area contributed by atoms with E-state index in [4.69, 9.17) is 4.74 Å². The summed E-state index contributed by atoms with van der Waals surface area (Å²) >= 11 is 0. The lowest BCUT2D eigenvalue weighted by atomic mass is 9.85. The fourth-order valence-electron chi connectivity index (χ4n) is 3.65. The molecule has 0 spiro atoms. The van der Waals surface area contributed by atoms with Gasteiger partial charge in [0.15, 0.2) is 0 Å². The van der Waals surface area contributed by atoms with Crippen LogP contribution in [0.1, 0.15) is 29.7 Å². The molecule has 2 atom stereocenters. The molecule has 0 N–H and O–H groups in total. The summed E-state index contributed by atoms with van der Waals surface area (Å²) in [5.74, 6) is 0. The molecule has 2 aromatic rings. The molecule has 20 heavy (non-hydrogen) atoms. The van der Waals surface area contributed by atoms with Crippen LogP contribution in [0.25, 0.3) is 0 Å². The Labute approximate surface area is 120 Å². The molecule has 2 heteroatoms. The Kier molecular flexibility index (Phi) is 2.69. The van der Waals surface area contributed by atoms with Crippen molar-refractivity contribution < 1.29 is 4.74 Å². The molecule has 2 bridgehead atoms. The van der Waals surface area contributed by atoms with Crippen molar-refractivity contribution in [3.05, 3.63) is 71.3 Å². The summed E-state index contributed by atoms with van der Waals surface area (Å²) < 4.78 is 6.53. The molecular formula is C18H19NO. The number of morpholine rings is 1. The SMILES string of the molecule is CCN1CC2OC(c3ccccc3)(C1)c1ccccc12. The summed E-state index contributed by atoms with van der Waals surface area (Å²) in [5.41, 5.74) is 3.71. The fraction of sp³-hybridized carbons (Fsp3) is 0.333. The molecule has 0 saturated carbocycles.